The van der Waals surface area contributed by atoms with Gasteiger partial charge in [-0.1, -0.05) is 13.3 Å². The first-order chi connectivity index (χ1) is 8.47. The van der Waals surface area contributed by atoms with Gasteiger partial charge in [0.15, 0.2) is 0 Å². The Balaban J connectivity index is 2.80. The number of carbonyl (C=O) groups excluding carboxylic acids is 1. The number of benzene rings is 1. The maximum atomic E-state index is 12.1. The van der Waals surface area contributed by atoms with Crippen molar-refractivity contribution in [2.45, 2.75) is 32.7 Å². The number of aromatic carboxylic acids is 1. The van der Waals surface area contributed by atoms with Crippen LogP contribution < -0.4 is 0 Å². The summed E-state index contributed by atoms with van der Waals surface area (Å²) in [5, 5.41) is 8.79. The Hall–Kier alpha value is -1.84. The van der Waals surface area contributed by atoms with Gasteiger partial charge < -0.3 is 10.0 Å². The van der Waals surface area contributed by atoms with Crippen molar-refractivity contribution in [3.05, 3.63) is 35.4 Å². The highest BCUT2D eigenvalue weighted by molar-refractivity contribution is 5.95. The number of rotatable bonds is 5. The van der Waals surface area contributed by atoms with E-state index in [1.807, 2.05) is 6.92 Å². The molecule has 0 bridgehead atoms. The van der Waals surface area contributed by atoms with E-state index in [9.17, 15) is 9.59 Å². The predicted molar refractivity (Wildman–Crippen MR) is 69.9 cm³/mol. The lowest BCUT2D eigenvalue weighted by molar-refractivity contribution is 0.0692. The predicted octanol–water partition coefficient (Wildman–Crippen LogP) is 2.65. The fourth-order valence-electron chi connectivity index (χ4n) is 1.77. The van der Waals surface area contributed by atoms with Crippen molar-refractivity contribution >= 4 is 11.9 Å². The zero-order valence-corrected chi connectivity index (χ0v) is 11.0. The first kappa shape index (κ1) is 14.2. The molecular formula is C14H19NO3. The Morgan fingerprint density at radius 3 is 2.17 bits per heavy atom. The van der Waals surface area contributed by atoms with Crippen LogP contribution >= 0.6 is 0 Å². The zero-order valence-electron chi connectivity index (χ0n) is 11.0. The lowest BCUT2D eigenvalue weighted by Crippen LogP contribution is -2.34. The van der Waals surface area contributed by atoms with Crippen molar-refractivity contribution in [1.29, 1.82) is 0 Å². The Morgan fingerprint density at radius 2 is 1.72 bits per heavy atom. The van der Waals surface area contributed by atoms with Gasteiger partial charge in [-0.2, -0.15) is 0 Å². The molecule has 0 aliphatic heterocycles. The van der Waals surface area contributed by atoms with Gasteiger partial charge in [0, 0.05) is 18.7 Å². The van der Waals surface area contributed by atoms with Gasteiger partial charge in [0.1, 0.15) is 0 Å². The molecule has 18 heavy (non-hydrogen) atoms. The molecule has 1 atom stereocenters. The molecule has 4 nitrogen and oxygen atoms in total. The highest BCUT2D eigenvalue weighted by atomic mass is 16.4. The van der Waals surface area contributed by atoms with Crippen LogP contribution in [0.3, 0.4) is 0 Å². The summed E-state index contributed by atoms with van der Waals surface area (Å²) < 4.78 is 0. The number of carboxylic acids is 1. The van der Waals surface area contributed by atoms with Crippen molar-refractivity contribution in [1.82, 2.24) is 4.90 Å². The topological polar surface area (TPSA) is 57.6 Å². The van der Waals surface area contributed by atoms with E-state index in [4.69, 9.17) is 5.11 Å². The highest BCUT2D eigenvalue weighted by Crippen LogP contribution is 2.11. The molecule has 0 spiro atoms. The quantitative estimate of drug-likeness (QED) is 0.872. The molecule has 1 amide bonds. The Bertz CT molecular complexity index is 425. The lowest BCUT2D eigenvalue weighted by atomic mass is 10.1. The molecule has 0 fully saturated rings. The average molecular weight is 249 g/mol. The van der Waals surface area contributed by atoms with Crippen molar-refractivity contribution in [2.24, 2.45) is 0 Å². The molecule has 0 aliphatic carbocycles. The van der Waals surface area contributed by atoms with Crippen molar-refractivity contribution in [2.75, 3.05) is 7.05 Å². The number of carbonyl (C=O) groups is 2. The highest BCUT2D eigenvalue weighted by Gasteiger charge is 2.17. The largest absolute Gasteiger partial charge is 0.478 e. The normalized spacial score (nSPS) is 11.9. The smallest absolute Gasteiger partial charge is 0.335 e. The number of carboxylic acid groups (broad SMARTS) is 1. The molecule has 0 aromatic heterocycles. The molecule has 0 saturated heterocycles. The maximum absolute atomic E-state index is 12.1. The van der Waals surface area contributed by atoms with Crippen LogP contribution in [0.2, 0.25) is 0 Å². The SMILES string of the molecule is CCCC(C)N(C)C(=O)c1ccc(C(=O)O)cc1. The van der Waals surface area contributed by atoms with Crippen LogP contribution in [0.4, 0.5) is 0 Å². The summed E-state index contributed by atoms with van der Waals surface area (Å²) in [4.78, 5) is 24.5. The van der Waals surface area contributed by atoms with Crippen LogP contribution in [0.1, 0.15) is 47.4 Å². The van der Waals surface area contributed by atoms with Crippen LogP contribution in [0.5, 0.6) is 0 Å². The van der Waals surface area contributed by atoms with E-state index >= 15 is 0 Å². The summed E-state index contributed by atoms with van der Waals surface area (Å²) in [7, 11) is 1.77. The van der Waals surface area contributed by atoms with E-state index in [1.54, 1.807) is 24.1 Å². The van der Waals surface area contributed by atoms with E-state index in [0.29, 0.717) is 5.56 Å². The molecule has 0 saturated carbocycles. The summed E-state index contributed by atoms with van der Waals surface area (Å²) in [6.07, 6.45) is 1.98. The molecule has 4 heteroatoms. The van der Waals surface area contributed by atoms with Gasteiger partial charge in [0.05, 0.1) is 5.56 Å². The van der Waals surface area contributed by atoms with Crippen molar-refractivity contribution in [3.63, 3.8) is 0 Å². The van der Waals surface area contributed by atoms with E-state index < -0.39 is 5.97 Å². The van der Waals surface area contributed by atoms with E-state index in [-0.39, 0.29) is 17.5 Å². The average Bonchev–Trinajstić information content (AvgIpc) is 2.37. The van der Waals surface area contributed by atoms with Gasteiger partial charge >= 0.3 is 5.97 Å². The first-order valence-corrected chi connectivity index (χ1v) is 6.07. The molecule has 1 aromatic carbocycles. The third-order valence-corrected chi connectivity index (χ3v) is 3.07. The lowest BCUT2D eigenvalue weighted by Gasteiger charge is -2.24. The van der Waals surface area contributed by atoms with Crippen molar-refractivity contribution < 1.29 is 14.7 Å². The Morgan fingerprint density at radius 1 is 1.22 bits per heavy atom. The molecule has 1 aromatic rings. The minimum absolute atomic E-state index is 0.0760. The molecule has 0 heterocycles. The van der Waals surface area contributed by atoms with Crippen LogP contribution in [-0.4, -0.2) is 35.0 Å². The summed E-state index contributed by atoms with van der Waals surface area (Å²) in [6.45, 7) is 4.09. The molecule has 1 N–H and O–H groups in total. The monoisotopic (exact) mass is 249 g/mol. The van der Waals surface area contributed by atoms with Gasteiger partial charge in [-0.05, 0) is 37.6 Å². The second-order valence-corrected chi connectivity index (χ2v) is 4.44. The molecule has 1 rings (SSSR count). The second kappa shape index (κ2) is 6.19. The molecule has 1 unspecified atom stereocenters. The van der Waals surface area contributed by atoms with Crippen LogP contribution in [0.15, 0.2) is 24.3 Å². The van der Waals surface area contributed by atoms with Crippen LogP contribution in [-0.2, 0) is 0 Å². The van der Waals surface area contributed by atoms with Gasteiger partial charge in [-0.15, -0.1) is 0 Å². The van der Waals surface area contributed by atoms with Crippen molar-refractivity contribution in [3.8, 4) is 0 Å². The number of hydrogen-bond donors (Lipinski definition) is 1. The molecule has 0 radical (unpaired) electrons. The molecule has 0 aliphatic rings. The summed E-state index contributed by atoms with van der Waals surface area (Å²) in [5.74, 6) is -1.06. The summed E-state index contributed by atoms with van der Waals surface area (Å²) in [6, 6.07) is 6.20. The number of amides is 1. The van der Waals surface area contributed by atoms with E-state index in [2.05, 4.69) is 6.92 Å². The van der Waals surface area contributed by atoms with Gasteiger partial charge in [0.2, 0.25) is 0 Å². The first-order valence-electron chi connectivity index (χ1n) is 6.07. The van der Waals surface area contributed by atoms with Crippen LogP contribution in [0.25, 0.3) is 0 Å². The Labute approximate surface area is 107 Å². The third-order valence-electron chi connectivity index (χ3n) is 3.07. The summed E-state index contributed by atoms with van der Waals surface area (Å²) >= 11 is 0. The third kappa shape index (κ3) is 3.32. The number of hydrogen-bond acceptors (Lipinski definition) is 2. The van der Waals surface area contributed by atoms with E-state index in [1.165, 1.54) is 12.1 Å². The van der Waals surface area contributed by atoms with E-state index in [0.717, 1.165) is 12.8 Å². The molecular weight excluding hydrogens is 230 g/mol. The minimum Gasteiger partial charge on any atom is -0.478 e. The standard InChI is InChI=1S/C14H19NO3/c1-4-5-10(2)15(3)13(16)11-6-8-12(9-7-11)14(17)18/h6-10H,4-5H2,1-3H3,(H,17,18). The second-order valence-electron chi connectivity index (χ2n) is 4.44. The van der Waals surface area contributed by atoms with Crippen LogP contribution in [0, 0.1) is 0 Å². The fraction of sp³-hybridized carbons (Fsp3) is 0.429. The maximum Gasteiger partial charge on any atom is 0.335 e. The minimum atomic E-state index is -0.985. The van der Waals surface area contributed by atoms with Gasteiger partial charge in [0.25, 0.3) is 5.91 Å². The van der Waals surface area contributed by atoms with Gasteiger partial charge in [-0.25, -0.2) is 4.79 Å². The molecule has 98 valence electrons. The summed E-state index contributed by atoms with van der Waals surface area (Å²) in [5.41, 5.74) is 0.710. The Kier molecular flexibility index (Phi) is 4.89. The fourth-order valence-corrected chi connectivity index (χ4v) is 1.77. The number of nitrogens with zero attached hydrogens (tertiary/aromatic N) is 1. The van der Waals surface area contributed by atoms with Gasteiger partial charge in [-0.3, -0.25) is 4.79 Å². The zero-order chi connectivity index (χ0) is 13.7.